The molecule has 3 unspecified atom stereocenters. The molecule has 2 heterocycles. The van der Waals surface area contributed by atoms with Crippen molar-refractivity contribution >= 4 is 23.4 Å². The molecular weight excluding hydrogens is 386 g/mol. The van der Waals surface area contributed by atoms with Crippen molar-refractivity contribution in [3.8, 4) is 0 Å². The van der Waals surface area contributed by atoms with Gasteiger partial charge in [-0.2, -0.15) is 0 Å². The summed E-state index contributed by atoms with van der Waals surface area (Å²) in [5, 5.41) is 12.5. The number of ether oxygens (including phenoxy) is 1. The van der Waals surface area contributed by atoms with Gasteiger partial charge in [0, 0.05) is 13.1 Å². The Morgan fingerprint density at radius 2 is 1.97 bits per heavy atom. The Morgan fingerprint density at radius 3 is 2.60 bits per heavy atom. The number of likely N-dealkylation sites (tertiary alicyclic amines) is 1. The van der Waals surface area contributed by atoms with Crippen LogP contribution in [-0.4, -0.2) is 60.2 Å². The average molecular weight is 413 g/mol. The van der Waals surface area contributed by atoms with E-state index in [1.54, 1.807) is 5.48 Å². The van der Waals surface area contributed by atoms with Crippen LogP contribution in [0.15, 0.2) is 36.4 Å². The lowest BCUT2D eigenvalue weighted by atomic mass is 9.76. The molecule has 1 spiro atoms. The summed E-state index contributed by atoms with van der Waals surface area (Å²) in [6.07, 6.45) is 4.14. The predicted octanol–water partition coefficient (Wildman–Crippen LogP) is 1.74. The van der Waals surface area contributed by atoms with Crippen molar-refractivity contribution in [2.45, 2.75) is 37.8 Å². The van der Waals surface area contributed by atoms with Gasteiger partial charge < -0.3 is 10.1 Å². The largest absolute Gasteiger partial charge is 0.453 e. The third-order valence-electron chi connectivity index (χ3n) is 6.61. The summed E-state index contributed by atoms with van der Waals surface area (Å²) in [6.45, 7) is 0.909. The van der Waals surface area contributed by atoms with Crippen molar-refractivity contribution in [1.29, 1.82) is 0 Å². The van der Waals surface area contributed by atoms with Gasteiger partial charge in [-0.05, 0) is 42.2 Å². The topological polar surface area (TPSA) is 108 Å². The number of nitrogens with one attached hydrogen (secondary N) is 2. The van der Waals surface area contributed by atoms with Crippen LogP contribution >= 0.6 is 0 Å². The third-order valence-corrected chi connectivity index (χ3v) is 6.61. The molecule has 160 valence electrons. The van der Waals surface area contributed by atoms with Crippen LogP contribution in [-0.2, 0) is 14.3 Å². The van der Waals surface area contributed by atoms with Gasteiger partial charge in [-0.3, -0.25) is 19.7 Å². The Kier molecular flexibility index (Phi) is 5.62. The van der Waals surface area contributed by atoms with E-state index in [0.717, 1.165) is 24.0 Å². The number of Topliss-reactive ketones (excluding diaryl/α,β-unsaturated/α-hetero) is 1. The van der Waals surface area contributed by atoms with Crippen molar-refractivity contribution in [2.24, 2.45) is 11.3 Å². The highest BCUT2D eigenvalue weighted by atomic mass is 16.5. The first-order valence-electron chi connectivity index (χ1n) is 10.3. The van der Waals surface area contributed by atoms with E-state index in [0.29, 0.717) is 25.9 Å². The molecule has 30 heavy (non-hydrogen) atoms. The van der Waals surface area contributed by atoms with E-state index in [1.807, 2.05) is 30.3 Å². The Labute approximate surface area is 175 Å². The fourth-order valence-electron chi connectivity index (χ4n) is 4.82. The minimum absolute atomic E-state index is 0.169. The number of benzene rings is 1. The molecule has 1 aromatic carbocycles. The van der Waals surface area contributed by atoms with Crippen molar-refractivity contribution in [2.75, 3.05) is 20.2 Å². The van der Waals surface area contributed by atoms with Crippen LogP contribution in [0.25, 0.3) is 5.57 Å². The summed E-state index contributed by atoms with van der Waals surface area (Å²) in [6, 6.07) is 8.32. The lowest BCUT2D eigenvalue weighted by Crippen LogP contribution is -2.62. The average Bonchev–Trinajstić information content (AvgIpc) is 3.55. The van der Waals surface area contributed by atoms with Crippen LogP contribution in [0.1, 0.15) is 31.2 Å². The summed E-state index contributed by atoms with van der Waals surface area (Å²) in [5.41, 5.74) is 3.63. The monoisotopic (exact) mass is 413 g/mol. The number of nitrogens with zero attached hydrogens (tertiary/aromatic N) is 1. The van der Waals surface area contributed by atoms with Crippen LogP contribution in [0.5, 0.6) is 0 Å². The highest BCUT2D eigenvalue weighted by molar-refractivity contribution is 5.98. The van der Waals surface area contributed by atoms with Crippen LogP contribution in [0, 0.1) is 11.3 Å². The van der Waals surface area contributed by atoms with Crippen LogP contribution < -0.4 is 10.8 Å². The first-order chi connectivity index (χ1) is 14.5. The maximum Gasteiger partial charge on any atom is 0.410 e. The number of hydrogen-bond acceptors (Lipinski definition) is 6. The maximum atomic E-state index is 13.6. The van der Waals surface area contributed by atoms with E-state index >= 15 is 0 Å². The van der Waals surface area contributed by atoms with Crippen molar-refractivity contribution in [1.82, 2.24) is 15.7 Å². The molecule has 2 aliphatic heterocycles. The number of ketones is 1. The van der Waals surface area contributed by atoms with Crippen LogP contribution in [0.2, 0.25) is 0 Å². The number of amides is 2. The number of hydroxylamine groups is 1. The quantitative estimate of drug-likeness (QED) is 0.513. The molecule has 3 aliphatic rings. The third kappa shape index (κ3) is 3.85. The lowest BCUT2D eigenvalue weighted by Gasteiger charge is -2.44. The molecule has 2 fully saturated rings. The number of carbonyl (C=O) groups is 3. The molecule has 0 bridgehead atoms. The normalized spacial score (nSPS) is 27.2. The first-order valence-corrected chi connectivity index (χ1v) is 10.3. The molecular formula is C22H27N3O5. The molecule has 3 atom stereocenters. The van der Waals surface area contributed by atoms with E-state index in [9.17, 15) is 19.6 Å². The van der Waals surface area contributed by atoms with Gasteiger partial charge >= 0.3 is 6.09 Å². The van der Waals surface area contributed by atoms with Crippen LogP contribution in [0.4, 0.5) is 4.79 Å². The molecule has 1 saturated carbocycles. The fourth-order valence-corrected chi connectivity index (χ4v) is 4.82. The summed E-state index contributed by atoms with van der Waals surface area (Å²) in [4.78, 5) is 40.1. The molecule has 3 N–H and O–H groups in total. The van der Waals surface area contributed by atoms with Crippen molar-refractivity contribution < 1.29 is 24.3 Å². The van der Waals surface area contributed by atoms with E-state index in [1.165, 1.54) is 12.0 Å². The zero-order valence-corrected chi connectivity index (χ0v) is 17.0. The second-order valence-electron chi connectivity index (χ2n) is 8.49. The van der Waals surface area contributed by atoms with E-state index in [4.69, 9.17) is 4.74 Å². The molecule has 8 heteroatoms. The smallest absolute Gasteiger partial charge is 0.410 e. The molecule has 1 saturated heterocycles. The summed E-state index contributed by atoms with van der Waals surface area (Å²) >= 11 is 0. The summed E-state index contributed by atoms with van der Waals surface area (Å²) < 4.78 is 4.94. The second kappa shape index (κ2) is 8.20. The Bertz CT molecular complexity index is 837. The Morgan fingerprint density at radius 1 is 1.23 bits per heavy atom. The minimum Gasteiger partial charge on any atom is -0.453 e. The zero-order chi connectivity index (χ0) is 21.3. The highest BCUT2D eigenvalue weighted by Gasteiger charge is 2.57. The van der Waals surface area contributed by atoms with Crippen LogP contribution in [0.3, 0.4) is 0 Å². The number of rotatable bonds is 4. The molecule has 1 aromatic rings. The summed E-state index contributed by atoms with van der Waals surface area (Å²) in [5.74, 6) is -1.68. The van der Waals surface area contributed by atoms with Gasteiger partial charge in [0.25, 0.3) is 0 Å². The van der Waals surface area contributed by atoms with E-state index in [-0.39, 0.29) is 11.2 Å². The Balaban J connectivity index is 1.61. The second-order valence-corrected chi connectivity index (χ2v) is 8.49. The molecule has 1 aliphatic carbocycles. The van der Waals surface area contributed by atoms with Crippen molar-refractivity contribution in [3.05, 3.63) is 42.0 Å². The number of methoxy groups -OCH3 is 1. The summed E-state index contributed by atoms with van der Waals surface area (Å²) in [7, 11) is 1.27. The van der Waals surface area contributed by atoms with E-state index < -0.39 is 30.0 Å². The minimum atomic E-state index is -0.983. The predicted molar refractivity (Wildman–Crippen MR) is 108 cm³/mol. The fraction of sp³-hybridized carbons (Fsp3) is 0.500. The SMILES string of the molecule is COC(=O)N1CC2(CC2)CC(C(=O)NO)C1C(=O)C1CC(c2ccccc2)=CCN1. The van der Waals surface area contributed by atoms with Gasteiger partial charge in [-0.25, -0.2) is 10.3 Å². The molecule has 0 aromatic heterocycles. The first kappa shape index (κ1) is 20.6. The standard InChI is InChI=1S/C22H27N3O5/c1-30-21(28)25-13-22(8-9-22)12-16(20(27)24-29)18(25)19(26)17-11-15(7-10-23-17)14-5-3-2-4-6-14/h2-7,16-18,23,29H,8-13H2,1H3,(H,24,27). The molecule has 8 nitrogen and oxygen atoms in total. The Hall–Kier alpha value is -2.71. The number of hydrogen-bond donors (Lipinski definition) is 3. The molecule has 4 rings (SSSR count). The van der Waals surface area contributed by atoms with Gasteiger partial charge in [0.05, 0.1) is 19.1 Å². The van der Waals surface area contributed by atoms with Gasteiger partial charge in [0.1, 0.15) is 6.04 Å². The molecule has 2 amide bonds. The molecule has 0 radical (unpaired) electrons. The maximum absolute atomic E-state index is 13.6. The highest BCUT2D eigenvalue weighted by Crippen LogP contribution is 2.55. The lowest BCUT2D eigenvalue weighted by molar-refractivity contribution is -0.144. The van der Waals surface area contributed by atoms with Gasteiger partial charge in [-0.15, -0.1) is 0 Å². The van der Waals surface area contributed by atoms with Gasteiger partial charge in [-0.1, -0.05) is 36.4 Å². The van der Waals surface area contributed by atoms with E-state index in [2.05, 4.69) is 11.4 Å². The van der Waals surface area contributed by atoms with Crippen molar-refractivity contribution in [3.63, 3.8) is 0 Å². The number of carbonyl (C=O) groups excluding carboxylic acids is 3. The van der Waals surface area contributed by atoms with Gasteiger partial charge in [0.15, 0.2) is 5.78 Å². The zero-order valence-electron chi connectivity index (χ0n) is 17.0. The number of piperidine rings is 1. The van der Waals surface area contributed by atoms with Gasteiger partial charge in [0.2, 0.25) is 5.91 Å².